The van der Waals surface area contributed by atoms with Gasteiger partial charge in [0.1, 0.15) is 12.4 Å². The van der Waals surface area contributed by atoms with Crippen molar-refractivity contribution in [1.82, 2.24) is 14.8 Å². The number of aliphatic hydroxyl groups excluding tert-OH is 1. The van der Waals surface area contributed by atoms with E-state index in [1.807, 2.05) is 0 Å². The molecule has 0 aliphatic carbocycles. The van der Waals surface area contributed by atoms with Crippen molar-refractivity contribution in [3.05, 3.63) is 35.3 Å². The molecule has 2 aromatic heterocycles. The Bertz CT molecular complexity index is 397. The molecule has 0 aromatic carbocycles. The van der Waals surface area contributed by atoms with Gasteiger partial charge in [-0.05, 0) is 17.7 Å². The highest BCUT2D eigenvalue weighted by Crippen LogP contribution is 2.27. The molecule has 1 atom stereocenters. The first-order chi connectivity index (χ1) is 6.70. The van der Waals surface area contributed by atoms with Crippen molar-refractivity contribution in [2.45, 2.75) is 6.10 Å². The minimum atomic E-state index is -0.909. The Balaban J connectivity index is 2.38. The van der Waals surface area contributed by atoms with E-state index in [-0.39, 0.29) is 5.22 Å². The summed E-state index contributed by atoms with van der Waals surface area (Å²) >= 11 is 5.72. The maximum absolute atomic E-state index is 9.86. The SMILES string of the molecule is Cn1cnnc1C(O)c1ccoc1Cl. The highest BCUT2D eigenvalue weighted by Gasteiger charge is 2.20. The summed E-state index contributed by atoms with van der Waals surface area (Å²) < 4.78 is 6.49. The van der Waals surface area contributed by atoms with Crippen molar-refractivity contribution in [2.24, 2.45) is 7.05 Å². The average molecular weight is 214 g/mol. The average Bonchev–Trinajstić information content (AvgIpc) is 2.73. The van der Waals surface area contributed by atoms with E-state index in [1.165, 1.54) is 12.6 Å². The van der Waals surface area contributed by atoms with E-state index in [2.05, 4.69) is 10.2 Å². The van der Waals surface area contributed by atoms with Crippen LogP contribution in [0.2, 0.25) is 5.22 Å². The van der Waals surface area contributed by atoms with Gasteiger partial charge in [0.2, 0.25) is 0 Å². The summed E-state index contributed by atoms with van der Waals surface area (Å²) in [6, 6.07) is 1.60. The Morgan fingerprint density at radius 3 is 2.93 bits per heavy atom. The van der Waals surface area contributed by atoms with Gasteiger partial charge in [0.15, 0.2) is 11.0 Å². The van der Waals surface area contributed by atoms with Crippen molar-refractivity contribution in [1.29, 1.82) is 0 Å². The lowest BCUT2D eigenvalue weighted by atomic mass is 10.2. The topological polar surface area (TPSA) is 64.1 Å². The maximum Gasteiger partial charge on any atom is 0.199 e. The first-order valence-electron chi connectivity index (χ1n) is 3.95. The molecule has 0 bridgehead atoms. The van der Waals surface area contributed by atoms with Crippen molar-refractivity contribution in [3.8, 4) is 0 Å². The predicted octanol–water partition coefficient (Wildman–Crippen LogP) is 1.14. The fourth-order valence-corrected chi connectivity index (χ4v) is 1.40. The third-order valence-electron chi connectivity index (χ3n) is 1.93. The van der Waals surface area contributed by atoms with Crippen LogP contribution in [-0.2, 0) is 7.05 Å². The Kier molecular flexibility index (Phi) is 2.26. The second-order valence-electron chi connectivity index (χ2n) is 2.85. The lowest BCUT2D eigenvalue weighted by Gasteiger charge is -2.06. The molecule has 0 saturated heterocycles. The number of hydrogen-bond acceptors (Lipinski definition) is 4. The van der Waals surface area contributed by atoms with Gasteiger partial charge in [0.05, 0.1) is 6.26 Å². The summed E-state index contributed by atoms with van der Waals surface area (Å²) in [5.41, 5.74) is 0.489. The van der Waals surface area contributed by atoms with Gasteiger partial charge in [-0.3, -0.25) is 0 Å². The minimum absolute atomic E-state index is 0.167. The summed E-state index contributed by atoms with van der Waals surface area (Å²) in [5, 5.41) is 17.5. The van der Waals surface area contributed by atoms with Gasteiger partial charge in [-0.15, -0.1) is 10.2 Å². The van der Waals surface area contributed by atoms with Gasteiger partial charge in [-0.25, -0.2) is 0 Å². The van der Waals surface area contributed by atoms with Crippen LogP contribution < -0.4 is 0 Å². The van der Waals surface area contributed by atoms with Crippen LogP contribution in [0.15, 0.2) is 23.1 Å². The molecule has 1 N–H and O–H groups in total. The zero-order chi connectivity index (χ0) is 10.1. The van der Waals surface area contributed by atoms with E-state index >= 15 is 0 Å². The van der Waals surface area contributed by atoms with E-state index < -0.39 is 6.10 Å². The lowest BCUT2D eigenvalue weighted by Crippen LogP contribution is -2.06. The van der Waals surface area contributed by atoms with Crippen LogP contribution in [0.3, 0.4) is 0 Å². The molecule has 74 valence electrons. The molecule has 0 aliphatic heterocycles. The summed E-state index contributed by atoms with van der Waals surface area (Å²) in [4.78, 5) is 0. The summed E-state index contributed by atoms with van der Waals surface area (Å²) in [7, 11) is 1.74. The maximum atomic E-state index is 9.86. The van der Waals surface area contributed by atoms with E-state index in [0.717, 1.165) is 0 Å². The number of rotatable bonds is 2. The monoisotopic (exact) mass is 213 g/mol. The molecule has 0 saturated carbocycles. The van der Waals surface area contributed by atoms with E-state index in [0.29, 0.717) is 11.4 Å². The molecule has 0 fully saturated rings. The highest BCUT2D eigenvalue weighted by molar-refractivity contribution is 6.29. The number of halogens is 1. The second kappa shape index (κ2) is 3.43. The molecule has 2 aromatic rings. The predicted molar refractivity (Wildman–Crippen MR) is 48.8 cm³/mol. The highest BCUT2D eigenvalue weighted by atomic mass is 35.5. The molecule has 5 nitrogen and oxygen atoms in total. The summed E-state index contributed by atoms with van der Waals surface area (Å²) in [5.74, 6) is 0.424. The Labute approximate surface area is 84.9 Å². The lowest BCUT2D eigenvalue weighted by molar-refractivity contribution is 0.205. The minimum Gasteiger partial charge on any atom is -0.453 e. The standard InChI is InChI=1S/C8H8ClN3O2/c1-12-4-10-11-8(12)6(13)5-2-3-14-7(5)9/h2-4,6,13H,1H3. The summed E-state index contributed by atoms with van der Waals surface area (Å²) in [6.07, 6.45) is 2.01. The molecule has 6 heteroatoms. The van der Waals surface area contributed by atoms with E-state index in [9.17, 15) is 5.11 Å². The third-order valence-corrected chi connectivity index (χ3v) is 2.24. The molecule has 2 heterocycles. The normalized spacial score (nSPS) is 13.1. The van der Waals surface area contributed by atoms with Crippen LogP contribution in [0.5, 0.6) is 0 Å². The first kappa shape index (κ1) is 9.23. The summed E-state index contributed by atoms with van der Waals surface area (Å²) in [6.45, 7) is 0. The van der Waals surface area contributed by atoms with Crippen molar-refractivity contribution >= 4 is 11.6 Å². The van der Waals surface area contributed by atoms with Gasteiger partial charge < -0.3 is 14.1 Å². The Morgan fingerprint density at radius 1 is 1.64 bits per heavy atom. The molecular formula is C8H8ClN3O2. The number of hydrogen-bond donors (Lipinski definition) is 1. The fraction of sp³-hybridized carbons (Fsp3) is 0.250. The van der Waals surface area contributed by atoms with E-state index in [4.69, 9.17) is 16.0 Å². The number of nitrogens with zero attached hydrogens (tertiary/aromatic N) is 3. The van der Waals surface area contributed by atoms with Crippen LogP contribution in [0.25, 0.3) is 0 Å². The van der Waals surface area contributed by atoms with Crippen LogP contribution in [0, 0.1) is 0 Å². The zero-order valence-electron chi connectivity index (χ0n) is 7.38. The van der Waals surface area contributed by atoms with Crippen LogP contribution in [-0.4, -0.2) is 19.9 Å². The quantitative estimate of drug-likeness (QED) is 0.813. The van der Waals surface area contributed by atoms with Crippen LogP contribution in [0.4, 0.5) is 0 Å². The molecule has 2 rings (SSSR count). The van der Waals surface area contributed by atoms with Crippen LogP contribution >= 0.6 is 11.6 Å². The molecule has 0 amide bonds. The number of furan rings is 1. The Hall–Kier alpha value is -1.33. The van der Waals surface area contributed by atoms with Gasteiger partial charge >= 0.3 is 0 Å². The molecule has 0 radical (unpaired) electrons. The zero-order valence-corrected chi connectivity index (χ0v) is 8.14. The third kappa shape index (κ3) is 1.40. The number of aryl methyl sites for hydroxylation is 1. The number of aliphatic hydroxyl groups is 1. The molecular weight excluding hydrogens is 206 g/mol. The van der Waals surface area contributed by atoms with Gasteiger partial charge in [-0.1, -0.05) is 0 Å². The van der Waals surface area contributed by atoms with Gasteiger partial charge in [0, 0.05) is 12.6 Å². The first-order valence-corrected chi connectivity index (χ1v) is 4.33. The van der Waals surface area contributed by atoms with Crippen LogP contribution in [0.1, 0.15) is 17.5 Å². The molecule has 0 spiro atoms. The van der Waals surface area contributed by atoms with Crippen molar-refractivity contribution in [3.63, 3.8) is 0 Å². The molecule has 1 unspecified atom stereocenters. The Morgan fingerprint density at radius 2 is 2.43 bits per heavy atom. The van der Waals surface area contributed by atoms with Gasteiger partial charge in [-0.2, -0.15) is 0 Å². The largest absolute Gasteiger partial charge is 0.453 e. The molecule has 0 aliphatic rings. The van der Waals surface area contributed by atoms with Gasteiger partial charge in [0.25, 0.3) is 0 Å². The smallest absolute Gasteiger partial charge is 0.199 e. The number of aromatic nitrogens is 3. The molecule has 14 heavy (non-hydrogen) atoms. The fourth-order valence-electron chi connectivity index (χ4n) is 1.18. The van der Waals surface area contributed by atoms with E-state index in [1.54, 1.807) is 17.7 Å². The second-order valence-corrected chi connectivity index (χ2v) is 3.20. The van der Waals surface area contributed by atoms with Crippen molar-refractivity contribution in [2.75, 3.05) is 0 Å². The van der Waals surface area contributed by atoms with Crippen molar-refractivity contribution < 1.29 is 9.52 Å².